The van der Waals surface area contributed by atoms with E-state index in [-0.39, 0.29) is 19.0 Å². The Balaban J connectivity index is 0.00000180. The van der Waals surface area contributed by atoms with Crippen LogP contribution >= 0.6 is 35.6 Å². The van der Waals surface area contributed by atoms with Crippen LogP contribution in [-0.4, -0.2) is 18.3 Å². The predicted octanol–water partition coefficient (Wildman–Crippen LogP) is 3.76. The van der Waals surface area contributed by atoms with E-state index in [4.69, 9.17) is 32.7 Å². The molecule has 0 bridgehead atoms. The molecule has 2 N–H and O–H groups in total. The van der Waals surface area contributed by atoms with Crippen LogP contribution in [0.2, 0.25) is 10.0 Å². The van der Waals surface area contributed by atoms with E-state index < -0.39 is 0 Å². The number of rotatable bonds is 5. The Morgan fingerprint density at radius 3 is 2.63 bits per heavy atom. The number of hydrogen-bond donors (Lipinski definition) is 2. The molecule has 6 heteroatoms. The van der Waals surface area contributed by atoms with Gasteiger partial charge in [-0.15, -0.1) is 12.4 Å². The minimum atomic E-state index is 0. The third-order valence-electron chi connectivity index (χ3n) is 2.45. The van der Waals surface area contributed by atoms with Crippen LogP contribution in [-0.2, 0) is 6.54 Å². The maximum Gasteiger partial charge on any atom is 0.135 e. The quantitative estimate of drug-likeness (QED) is 0.824. The molecule has 0 unspecified atom stereocenters. The van der Waals surface area contributed by atoms with Crippen molar-refractivity contribution in [2.24, 2.45) is 0 Å². The van der Waals surface area contributed by atoms with E-state index in [9.17, 15) is 0 Å². The minimum absolute atomic E-state index is 0. The molecule has 0 amide bonds. The highest BCUT2D eigenvalue weighted by Crippen LogP contribution is 2.31. The zero-order chi connectivity index (χ0) is 13.0. The highest BCUT2D eigenvalue weighted by atomic mass is 35.5. The topological polar surface area (TPSA) is 45.4 Å². The molecule has 0 aliphatic heterocycles. The molecule has 0 aliphatic carbocycles. The highest BCUT2D eigenvalue weighted by molar-refractivity contribution is 6.36. The van der Waals surface area contributed by atoms with Gasteiger partial charge >= 0.3 is 0 Å². The highest BCUT2D eigenvalue weighted by Gasteiger charge is 2.08. The largest absolute Gasteiger partial charge is 0.460 e. The lowest BCUT2D eigenvalue weighted by atomic mass is 10.2. The second-order valence-electron chi connectivity index (χ2n) is 3.79. The van der Waals surface area contributed by atoms with Crippen molar-refractivity contribution < 1.29 is 9.52 Å². The average molecular weight is 323 g/mol. The van der Waals surface area contributed by atoms with Gasteiger partial charge in [0.2, 0.25) is 0 Å². The van der Waals surface area contributed by atoms with E-state index in [1.165, 1.54) is 0 Å². The molecule has 104 valence electrons. The molecule has 0 radical (unpaired) electrons. The Kier molecular flexibility index (Phi) is 6.69. The van der Waals surface area contributed by atoms with Crippen molar-refractivity contribution >= 4 is 35.6 Å². The smallest absolute Gasteiger partial charge is 0.135 e. The fourth-order valence-corrected chi connectivity index (χ4v) is 2.10. The zero-order valence-corrected chi connectivity index (χ0v) is 12.4. The molecule has 3 nitrogen and oxygen atoms in total. The van der Waals surface area contributed by atoms with Crippen LogP contribution in [0.5, 0.6) is 0 Å². The van der Waals surface area contributed by atoms with Crippen LogP contribution in [0.1, 0.15) is 5.76 Å². The predicted molar refractivity (Wildman–Crippen MR) is 80.2 cm³/mol. The molecule has 2 aromatic rings. The molecular weight excluding hydrogens is 309 g/mol. The van der Waals surface area contributed by atoms with E-state index in [1.807, 2.05) is 18.2 Å². The molecule has 0 atom stereocenters. The summed E-state index contributed by atoms with van der Waals surface area (Å²) in [6.07, 6.45) is 0. The number of furan rings is 1. The minimum Gasteiger partial charge on any atom is -0.460 e. The average Bonchev–Trinajstić information content (AvgIpc) is 2.78. The van der Waals surface area contributed by atoms with Gasteiger partial charge in [0.1, 0.15) is 11.5 Å². The summed E-state index contributed by atoms with van der Waals surface area (Å²) in [5.74, 6) is 1.50. The van der Waals surface area contributed by atoms with Crippen molar-refractivity contribution in [1.82, 2.24) is 5.32 Å². The van der Waals surface area contributed by atoms with Gasteiger partial charge in [-0.3, -0.25) is 0 Å². The van der Waals surface area contributed by atoms with Crippen LogP contribution in [0.25, 0.3) is 11.3 Å². The van der Waals surface area contributed by atoms with E-state index in [0.29, 0.717) is 28.9 Å². The van der Waals surface area contributed by atoms with E-state index in [1.54, 1.807) is 12.1 Å². The summed E-state index contributed by atoms with van der Waals surface area (Å²) in [4.78, 5) is 0. The molecule has 0 aliphatic rings. The Labute approximate surface area is 127 Å². The Hall–Kier alpha value is -0.710. The summed E-state index contributed by atoms with van der Waals surface area (Å²) >= 11 is 12.0. The molecule has 2 rings (SSSR count). The van der Waals surface area contributed by atoms with Gasteiger partial charge in [0, 0.05) is 17.1 Å². The molecule has 1 aromatic carbocycles. The van der Waals surface area contributed by atoms with Gasteiger partial charge in [0.05, 0.1) is 18.2 Å². The van der Waals surface area contributed by atoms with Gasteiger partial charge in [-0.05, 0) is 30.3 Å². The van der Waals surface area contributed by atoms with Crippen molar-refractivity contribution in [1.29, 1.82) is 0 Å². The third kappa shape index (κ3) is 4.41. The number of nitrogens with one attached hydrogen (secondary N) is 1. The zero-order valence-electron chi connectivity index (χ0n) is 10.0. The first-order chi connectivity index (χ1) is 8.70. The Bertz CT molecular complexity index is 528. The van der Waals surface area contributed by atoms with Gasteiger partial charge in [-0.25, -0.2) is 0 Å². The summed E-state index contributed by atoms with van der Waals surface area (Å²) < 4.78 is 5.67. The summed E-state index contributed by atoms with van der Waals surface area (Å²) in [5.41, 5.74) is 0.814. The fourth-order valence-electron chi connectivity index (χ4n) is 1.60. The summed E-state index contributed by atoms with van der Waals surface area (Å²) in [6.45, 7) is 1.22. The number of aliphatic hydroxyl groups excluding tert-OH is 1. The normalized spacial score (nSPS) is 10.3. The maximum absolute atomic E-state index is 8.67. The van der Waals surface area contributed by atoms with Gasteiger partial charge < -0.3 is 14.8 Å². The van der Waals surface area contributed by atoms with Crippen LogP contribution in [0.15, 0.2) is 34.7 Å². The Morgan fingerprint density at radius 2 is 1.95 bits per heavy atom. The summed E-state index contributed by atoms with van der Waals surface area (Å²) in [7, 11) is 0. The van der Waals surface area contributed by atoms with E-state index >= 15 is 0 Å². The van der Waals surface area contributed by atoms with Gasteiger partial charge in [-0.2, -0.15) is 0 Å². The molecular formula is C13H14Cl3NO2. The number of aliphatic hydroxyl groups is 1. The summed E-state index contributed by atoms with van der Waals surface area (Å²) in [5, 5.41) is 12.9. The van der Waals surface area contributed by atoms with Crippen molar-refractivity contribution in [3.8, 4) is 11.3 Å². The standard InChI is InChI=1S/C13H13Cl2NO2.ClH/c14-9-1-3-11(12(15)7-9)13-4-2-10(18-13)8-16-5-6-17;/h1-4,7,16-17H,5-6,8H2;1H. The lowest BCUT2D eigenvalue weighted by Gasteiger charge is -2.02. The van der Waals surface area contributed by atoms with Gasteiger partial charge in [0.15, 0.2) is 0 Å². The van der Waals surface area contributed by atoms with Crippen molar-refractivity contribution in [2.45, 2.75) is 6.54 Å². The first-order valence-electron chi connectivity index (χ1n) is 5.56. The molecule has 19 heavy (non-hydrogen) atoms. The van der Waals surface area contributed by atoms with E-state index in [2.05, 4.69) is 5.32 Å². The number of hydrogen-bond acceptors (Lipinski definition) is 3. The molecule has 1 heterocycles. The Morgan fingerprint density at radius 1 is 1.16 bits per heavy atom. The van der Waals surface area contributed by atoms with Crippen molar-refractivity contribution in [3.63, 3.8) is 0 Å². The lowest BCUT2D eigenvalue weighted by molar-refractivity contribution is 0.290. The number of halogens is 3. The van der Waals surface area contributed by atoms with Gasteiger partial charge in [-0.1, -0.05) is 23.2 Å². The van der Waals surface area contributed by atoms with Crippen LogP contribution < -0.4 is 5.32 Å². The SMILES string of the molecule is Cl.OCCNCc1ccc(-c2ccc(Cl)cc2Cl)o1. The first-order valence-corrected chi connectivity index (χ1v) is 6.32. The fraction of sp³-hybridized carbons (Fsp3) is 0.231. The molecule has 0 saturated carbocycles. The van der Waals surface area contributed by atoms with Crippen LogP contribution in [0.3, 0.4) is 0 Å². The van der Waals surface area contributed by atoms with Crippen molar-refractivity contribution in [2.75, 3.05) is 13.2 Å². The second-order valence-corrected chi connectivity index (χ2v) is 4.63. The third-order valence-corrected chi connectivity index (χ3v) is 2.99. The van der Waals surface area contributed by atoms with Crippen LogP contribution in [0, 0.1) is 0 Å². The van der Waals surface area contributed by atoms with E-state index in [0.717, 1.165) is 11.3 Å². The molecule has 0 spiro atoms. The number of benzene rings is 1. The molecule has 1 aromatic heterocycles. The summed E-state index contributed by atoms with van der Waals surface area (Å²) in [6, 6.07) is 9.03. The maximum atomic E-state index is 8.67. The monoisotopic (exact) mass is 321 g/mol. The molecule has 0 saturated heterocycles. The van der Waals surface area contributed by atoms with Crippen LogP contribution in [0.4, 0.5) is 0 Å². The molecule has 0 fully saturated rings. The lowest BCUT2D eigenvalue weighted by Crippen LogP contribution is -2.16. The second kappa shape index (κ2) is 7.78. The van der Waals surface area contributed by atoms with Gasteiger partial charge in [0.25, 0.3) is 0 Å². The first kappa shape index (κ1) is 16.3. The van der Waals surface area contributed by atoms with Crippen molar-refractivity contribution in [3.05, 3.63) is 46.1 Å².